The summed E-state index contributed by atoms with van der Waals surface area (Å²) in [5.41, 5.74) is 0.797. The van der Waals surface area contributed by atoms with Crippen LogP contribution in [0.4, 0.5) is 0 Å². The first kappa shape index (κ1) is 11.5. The van der Waals surface area contributed by atoms with Crippen molar-refractivity contribution in [2.45, 2.75) is 5.38 Å². The summed E-state index contributed by atoms with van der Waals surface area (Å²) in [6, 6.07) is 9.28. The highest BCUT2D eigenvalue weighted by molar-refractivity contribution is 8.14. The van der Waals surface area contributed by atoms with Gasteiger partial charge < -0.3 is 5.32 Å². The lowest BCUT2D eigenvalue weighted by molar-refractivity contribution is -0.119. The minimum absolute atomic E-state index is 0.221. The number of aliphatic imine (C=N–C) groups is 1. The molecule has 0 aromatic heterocycles. The minimum atomic E-state index is -0.662. The Kier molecular flexibility index (Phi) is 3.85. The lowest BCUT2D eigenvalue weighted by Crippen LogP contribution is -2.30. The largest absolute Gasteiger partial charge is 0.304 e. The molecular formula is C11H11ClN2OS. The predicted octanol–water partition coefficient (Wildman–Crippen LogP) is 2.19. The SMILES string of the molecule is O=C(NC1=NCCS1)[C@@H](Cl)c1ccccc1. The van der Waals surface area contributed by atoms with Gasteiger partial charge in [-0.3, -0.25) is 9.79 Å². The normalized spacial score (nSPS) is 16.7. The number of hydrogen-bond donors (Lipinski definition) is 1. The first-order chi connectivity index (χ1) is 7.77. The molecule has 1 aliphatic rings. The molecular weight excluding hydrogens is 244 g/mol. The molecule has 1 atom stereocenters. The molecule has 0 saturated carbocycles. The van der Waals surface area contributed by atoms with Gasteiger partial charge in [0.25, 0.3) is 0 Å². The van der Waals surface area contributed by atoms with Crippen LogP contribution >= 0.6 is 23.4 Å². The van der Waals surface area contributed by atoms with Crippen LogP contribution in [0.3, 0.4) is 0 Å². The zero-order chi connectivity index (χ0) is 11.4. The molecule has 5 heteroatoms. The first-order valence-corrected chi connectivity index (χ1v) is 6.37. The van der Waals surface area contributed by atoms with Gasteiger partial charge in [0.05, 0.1) is 6.54 Å². The number of nitrogens with zero attached hydrogens (tertiary/aromatic N) is 1. The maximum atomic E-state index is 11.8. The van der Waals surface area contributed by atoms with E-state index in [1.165, 1.54) is 0 Å². The van der Waals surface area contributed by atoms with Gasteiger partial charge in [-0.25, -0.2) is 0 Å². The van der Waals surface area contributed by atoms with Gasteiger partial charge in [0.2, 0.25) is 5.91 Å². The monoisotopic (exact) mass is 254 g/mol. The smallest absolute Gasteiger partial charge is 0.248 e. The van der Waals surface area contributed by atoms with E-state index in [1.807, 2.05) is 30.3 Å². The van der Waals surface area contributed by atoms with Gasteiger partial charge in [-0.15, -0.1) is 11.6 Å². The van der Waals surface area contributed by atoms with Crippen LogP contribution in [0.25, 0.3) is 0 Å². The molecule has 1 N–H and O–H groups in total. The Morgan fingerprint density at radius 3 is 2.81 bits per heavy atom. The molecule has 84 valence electrons. The standard InChI is InChI=1S/C11H11ClN2OS/c12-9(8-4-2-1-3-5-8)10(15)14-11-13-6-7-16-11/h1-5,9H,6-7H2,(H,13,14,15)/t9-/m0/s1. The van der Waals surface area contributed by atoms with E-state index in [-0.39, 0.29) is 5.91 Å². The van der Waals surface area contributed by atoms with Crippen molar-refractivity contribution >= 4 is 34.4 Å². The van der Waals surface area contributed by atoms with Crippen molar-refractivity contribution < 1.29 is 4.79 Å². The number of thioether (sulfide) groups is 1. The summed E-state index contributed by atoms with van der Waals surface area (Å²) in [5.74, 6) is 0.703. The molecule has 0 unspecified atom stereocenters. The number of benzene rings is 1. The molecule has 1 aromatic carbocycles. The lowest BCUT2D eigenvalue weighted by atomic mass is 10.1. The molecule has 0 aliphatic carbocycles. The van der Waals surface area contributed by atoms with Crippen molar-refractivity contribution in [2.75, 3.05) is 12.3 Å². The Balaban J connectivity index is 1.99. The van der Waals surface area contributed by atoms with Gasteiger partial charge in [0, 0.05) is 5.75 Å². The van der Waals surface area contributed by atoms with E-state index in [1.54, 1.807) is 11.8 Å². The summed E-state index contributed by atoms with van der Waals surface area (Å²) in [5, 5.41) is 2.73. The average Bonchev–Trinajstić information content (AvgIpc) is 2.82. The van der Waals surface area contributed by atoms with Crippen molar-refractivity contribution in [3.63, 3.8) is 0 Å². The molecule has 1 aliphatic heterocycles. The van der Waals surface area contributed by atoms with E-state index in [9.17, 15) is 4.79 Å². The van der Waals surface area contributed by atoms with Crippen molar-refractivity contribution in [3.05, 3.63) is 35.9 Å². The summed E-state index contributed by atoms with van der Waals surface area (Å²) in [7, 11) is 0. The third-order valence-electron chi connectivity index (χ3n) is 2.14. The number of rotatable bonds is 2. The fourth-order valence-electron chi connectivity index (χ4n) is 1.35. The van der Waals surface area contributed by atoms with Gasteiger partial charge in [0.15, 0.2) is 5.17 Å². The zero-order valence-electron chi connectivity index (χ0n) is 8.52. The summed E-state index contributed by atoms with van der Waals surface area (Å²) in [6.45, 7) is 0.762. The fourth-order valence-corrected chi connectivity index (χ4v) is 2.28. The number of nitrogens with one attached hydrogen (secondary N) is 1. The molecule has 1 amide bonds. The van der Waals surface area contributed by atoms with E-state index in [4.69, 9.17) is 11.6 Å². The molecule has 0 spiro atoms. The van der Waals surface area contributed by atoms with Crippen LogP contribution in [0.5, 0.6) is 0 Å². The van der Waals surface area contributed by atoms with Crippen LogP contribution in [-0.4, -0.2) is 23.4 Å². The van der Waals surface area contributed by atoms with E-state index in [0.717, 1.165) is 17.9 Å². The van der Waals surface area contributed by atoms with E-state index in [2.05, 4.69) is 10.3 Å². The number of amidine groups is 1. The molecule has 2 rings (SSSR count). The van der Waals surface area contributed by atoms with Crippen LogP contribution in [0, 0.1) is 0 Å². The minimum Gasteiger partial charge on any atom is -0.304 e. The number of halogens is 1. The number of carbonyl (C=O) groups excluding carboxylic acids is 1. The summed E-state index contributed by atoms with van der Waals surface area (Å²) < 4.78 is 0. The Bertz CT molecular complexity index is 408. The summed E-state index contributed by atoms with van der Waals surface area (Å²) in [6.07, 6.45) is 0. The maximum Gasteiger partial charge on any atom is 0.248 e. The van der Waals surface area contributed by atoms with Crippen molar-refractivity contribution in [3.8, 4) is 0 Å². The van der Waals surface area contributed by atoms with E-state index in [0.29, 0.717) is 5.17 Å². The Labute approximate surface area is 103 Å². The lowest BCUT2D eigenvalue weighted by Gasteiger charge is -2.09. The third kappa shape index (κ3) is 2.77. The predicted molar refractivity (Wildman–Crippen MR) is 67.9 cm³/mol. The quantitative estimate of drug-likeness (QED) is 0.822. The van der Waals surface area contributed by atoms with Crippen LogP contribution < -0.4 is 5.32 Å². The molecule has 3 nitrogen and oxygen atoms in total. The first-order valence-electron chi connectivity index (χ1n) is 4.94. The Morgan fingerprint density at radius 2 is 2.19 bits per heavy atom. The molecule has 0 saturated heterocycles. The fraction of sp³-hybridized carbons (Fsp3) is 0.273. The number of amides is 1. The van der Waals surface area contributed by atoms with Crippen LogP contribution in [0.15, 0.2) is 35.3 Å². The molecule has 1 aromatic rings. The van der Waals surface area contributed by atoms with E-state index < -0.39 is 5.38 Å². The second-order valence-corrected chi connectivity index (χ2v) is 4.82. The van der Waals surface area contributed by atoms with Gasteiger partial charge in [-0.05, 0) is 5.56 Å². The second-order valence-electron chi connectivity index (χ2n) is 3.30. The third-order valence-corrected chi connectivity index (χ3v) is 3.48. The van der Waals surface area contributed by atoms with Crippen LogP contribution in [-0.2, 0) is 4.79 Å². The van der Waals surface area contributed by atoms with Gasteiger partial charge >= 0.3 is 0 Å². The summed E-state index contributed by atoms with van der Waals surface area (Å²) >= 11 is 7.60. The molecule has 1 heterocycles. The highest BCUT2D eigenvalue weighted by Gasteiger charge is 2.19. The molecule has 16 heavy (non-hydrogen) atoms. The second kappa shape index (κ2) is 5.37. The van der Waals surface area contributed by atoms with Crippen molar-refractivity contribution in [2.24, 2.45) is 4.99 Å². The van der Waals surface area contributed by atoms with E-state index >= 15 is 0 Å². The number of hydrogen-bond acceptors (Lipinski definition) is 3. The van der Waals surface area contributed by atoms with Crippen molar-refractivity contribution in [1.82, 2.24) is 5.32 Å². The topological polar surface area (TPSA) is 41.5 Å². The van der Waals surface area contributed by atoms with Gasteiger partial charge in [-0.1, -0.05) is 42.1 Å². The number of alkyl halides is 1. The number of carbonyl (C=O) groups is 1. The Morgan fingerprint density at radius 1 is 1.44 bits per heavy atom. The van der Waals surface area contributed by atoms with Crippen molar-refractivity contribution in [1.29, 1.82) is 0 Å². The van der Waals surface area contributed by atoms with Gasteiger partial charge in [-0.2, -0.15) is 0 Å². The highest BCUT2D eigenvalue weighted by atomic mass is 35.5. The van der Waals surface area contributed by atoms with Gasteiger partial charge in [0.1, 0.15) is 5.38 Å². The molecule has 0 bridgehead atoms. The maximum absolute atomic E-state index is 11.8. The van der Waals surface area contributed by atoms with Crippen LogP contribution in [0.2, 0.25) is 0 Å². The summed E-state index contributed by atoms with van der Waals surface area (Å²) in [4.78, 5) is 15.9. The highest BCUT2D eigenvalue weighted by Crippen LogP contribution is 2.20. The zero-order valence-corrected chi connectivity index (χ0v) is 10.1. The average molecular weight is 255 g/mol. The van der Waals surface area contributed by atoms with Crippen LogP contribution in [0.1, 0.15) is 10.9 Å². The molecule has 0 fully saturated rings. The Hall–Kier alpha value is -1.00. The molecule has 0 radical (unpaired) electrons.